The third-order valence-corrected chi connectivity index (χ3v) is 4.56. The number of benzene rings is 1. The van der Waals surface area contributed by atoms with Crippen molar-refractivity contribution in [3.8, 4) is 17.2 Å². The predicted molar refractivity (Wildman–Crippen MR) is 104 cm³/mol. The van der Waals surface area contributed by atoms with Crippen molar-refractivity contribution in [3.63, 3.8) is 0 Å². The van der Waals surface area contributed by atoms with E-state index in [9.17, 15) is 22.4 Å². The zero-order valence-corrected chi connectivity index (χ0v) is 17.0. The van der Waals surface area contributed by atoms with Crippen LogP contribution in [0.5, 0.6) is 17.2 Å². The van der Waals surface area contributed by atoms with Crippen LogP contribution in [0.4, 0.5) is 22.4 Å². The van der Waals surface area contributed by atoms with E-state index in [0.717, 1.165) is 0 Å². The normalized spacial score (nSPS) is 11.5. The molecule has 3 rings (SSSR count). The molecule has 0 unspecified atom stereocenters. The molecule has 2 heterocycles. The fourth-order valence-corrected chi connectivity index (χ4v) is 2.89. The molecule has 1 N–H and O–H groups in total. The molecule has 29 heavy (non-hydrogen) atoms. The third kappa shape index (κ3) is 5.49. The number of pyridine rings is 1. The topological polar surface area (TPSA) is 64.9 Å². The van der Waals surface area contributed by atoms with Crippen molar-refractivity contribution in [2.24, 2.45) is 0 Å². The number of carbonyl (C=O) groups excluding carboxylic acids is 1. The first-order chi connectivity index (χ1) is 13.6. The number of nitrogens with one attached hydrogen (secondary N) is 1. The molecule has 1 aromatic carbocycles. The molecule has 0 fully saturated rings. The first-order valence-corrected chi connectivity index (χ1v) is 9.33. The Balaban J connectivity index is 1.85. The van der Waals surface area contributed by atoms with Crippen LogP contribution >= 0.6 is 22.6 Å². The van der Waals surface area contributed by atoms with E-state index >= 15 is 0 Å². The largest absolute Gasteiger partial charge is 0.455 e. The second-order valence-electron chi connectivity index (χ2n) is 6.01. The van der Waals surface area contributed by atoms with Gasteiger partial charge in [0.2, 0.25) is 0 Å². The van der Waals surface area contributed by atoms with Crippen LogP contribution in [0.3, 0.4) is 0 Å². The molecule has 3 aromatic rings. The molecule has 0 aliphatic rings. The fourth-order valence-electron chi connectivity index (χ4n) is 2.39. The van der Waals surface area contributed by atoms with Gasteiger partial charge in [0.25, 0.3) is 0 Å². The molecule has 6 nitrogen and oxygen atoms in total. The summed E-state index contributed by atoms with van der Waals surface area (Å²) in [5.41, 5.74) is 0.947. The van der Waals surface area contributed by atoms with Crippen LogP contribution in [0.1, 0.15) is 12.0 Å². The van der Waals surface area contributed by atoms with Gasteiger partial charge in [0.1, 0.15) is 21.0 Å². The number of hydrogen-bond donors (Lipinski definition) is 1. The average molecular weight is 523 g/mol. The predicted octanol–water partition coefficient (Wildman–Crippen LogP) is 5.22. The number of carbonyl (C=O) groups is 1. The Labute approximate surface area is 176 Å². The Hall–Kier alpha value is -2.57. The van der Waals surface area contributed by atoms with Gasteiger partial charge in [-0.15, -0.1) is 0 Å². The van der Waals surface area contributed by atoms with Gasteiger partial charge in [0.15, 0.2) is 11.4 Å². The summed E-state index contributed by atoms with van der Waals surface area (Å²) >= 11 is 2.00. The minimum Gasteiger partial charge on any atom is -0.455 e. The lowest BCUT2D eigenvalue weighted by Crippen LogP contribution is -2.30. The van der Waals surface area contributed by atoms with Crippen LogP contribution in [0.15, 0.2) is 36.7 Å². The van der Waals surface area contributed by atoms with Crippen LogP contribution in [0.2, 0.25) is 0 Å². The van der Waals surface area contributed by atoms with E-state index in [1.54, 1.807) is 23.6 Å². The van der Waals surface area contributed by atoms with Gasteiger partial charge in [-0.1, -0.05) is 6.07 Å². The van der Waals surface area contributed by atoms with Gasteiger partial charge in [0.05, 0.1) is 18.8 Å². The number of imidazole rings is 1. The van der Waals surface area contributed by atoms with Crippen molar-refractivity contribution in [1.82, 2.24) is 14.7 Å². The van der Waals surface area contributed by atoms with Crippen LogP contribution in [-0.2, 0) is 0 Å². The van der Waals surface area contributed by atoms with E-state index in [0.29, 0.717) is 9.26 Å². The Morgan fingerprint density at radius 3 is 2.76 bits per heavy atom. The van der Waals surface area contributed by atoms with Crippen LogP contribution in [0, 0.1) is 16.4 Å². The molecule has 2 aromatic heterocycles. The molecule has 0 bridgehead atoms. The van der Waals surface area contributed by atoms with Gasteiger partial charge in [0, 0.05) is 18.7 Å². The van der Waals surface area contributed by atoms with E-state index in [1.165, 1.54) is 24.4 Å². The van der Waals surface area contributed by atoms with Gasteiger partial charge < -0.3 is 14.8 Å². The Morgan fingerprint density at radius 2 is 2.03 bits per heavy atom. The molecule has 11 heteroatoms. The van der Waals surface area contributed by atoms with Crippen molar-refractivity contribution in [1.29, 1.82) is 0 Å². The molecule has 0 aliphatic carbocycles. The van der Waals surface area contributed by atoms with Crippen molar-refractivity contribution >= 4 is 34.3 Å². The smallest absolute Gasteiger partial charge is 0.412 e. The maximum absolute atomic E-state index is 13.5. The van der Waals surface area contributed by atoms with Crippen molar-refractivity contribution in [2.75, 3.05) is 6.54 Å². The zero-order chi connectivity index (χ0) is 21.2. The fraction of sp³-hybridized carbons (Fsp3) is 0.222. The highest BCUT2D eigenvalue weighted by atomic mass is 127. The average Bonchev–Trinajstić information content (AvgIpc) is 2.98. The second kappa shape index (κ2) is 8.43. The summed E-state index contributed by atoms with van der Waals surface area (Å²) in [6.45, 7) is 1.11. The lowest BCUT2D eigenvalue weighted by molar-refractivity contribution is -0.133. The highest BCUT2D eigenvalue weighted by Gasteiger charge is 2.26. The summed E-state index contributed by atoms with van der Waals surface area (Å²) < 4.78 is 63.3. The summed E-state index contributed by atoms with van der Waals surface area (Å²) in [6.07, 6.45) is -3.55. The lowest BCUT2D eigenvalue weighted by Gasteiger charge is -2.13. The van der Waals surface area contributed by atoms with Gasteiger partial charge in [-0.2, -0.15) is 13.2 Å². The Bertz CT molecular complexity index is 1050. The minimum atomic E-state index is -4.39. The second-order valence-corrected chi connectivity index (χ2v) is 7.11. The van der Waals surface area contributed by atoms with E-state index in [4.69, 9.17) is 9.47 Å². The Kier molecular flexibility index (Phi) is 6.15. The molecular formula is C18H14F4IN3O3. The first-order valence-electron chi connectivity index (χ1n) is 8.25. The van der Waals surface area contributed by atoms with E-state index < -0.39 is 31.1 Å². The summed E-state index contributed by atoms with van der Waals surface area (Å²) in [6, 6.07) is 5.41. The number of ether oxygens (including phenoxy) is 2. The maximum atomic E-state index is 13.5. The highest BCUT2D eigenvalue weighted by molar-refractivity contribution is 14.1. The molecule has 1 amide bonds. The van der Waals surface area contributed by atoms with E-state index in [2.05, 4.69) is 4.98 Å². The molecule has 0 saturated heterocycles. The van der Waals surface area contributed by atoms with Gasteiger partial charge in [-0.25, -0.2) is 14.2 Å². The maximum Gasteiger partial charge on any atom is 0.412 e. The van der Waals surface area contributed by atoms with Gasteiger partial charge in [-0.3, -0.25) is 4.40 Å². The SMILES string of the molecule is Cc1ccc(F)cc1Oc1cc(OC(=O)NCCC(F)(F)F)c2ncc(I)n2c1. The molecule has 0 aliphatic heterocycles. The highest BCUT2D eigenvalue weighted by Crippen LogP contribution is 2.31. The number of fused-ring (bicyclic) bond motifs is 1. The molecule has 0 saturated carbocycles. The number of amides is 1. The summed E-state index contributed by atoms with van der Waals surface area (Å²) in [7, 11) is 0. The standard InChI is InChI=1S/C18H14F4IN3O3/c1-10-2-3-11(19)6-13(10)28-12-7-14(16-25-8-15(23)26(16)9-12)29-17(27)24-5-4-18(20,21)22/h2-3,6-9H,4-5H2,1H3,(H,24,27). The number of nitrogens with zero attached hydrogens (tertiary/aromatic N) is 2. The third-order valence-electron chi connectivity index (χ3n) is 3.76. The van der Waals surface area contributed by atoms with Crippen LogP contribution in [-0.4, -0.2) is 28.2 Å². The Morgan fingerprint density at radius 1 is 1.28 bits per heavy atom. The first kappa shape index (κ1) is 21.1. The van der Waals surface area contributed by atoms with Crippen molar-refractivity contribution in [3.05, 3.63) is 51.7 Å². The monoisotopic (exact) mass is 523 g/mol. The van der Waals surface area contributed by atoms with Gasteiger partial charge in [-0.05, 0) is 41.1 Å². The number of halogens is 5. The molecule has 0 spiro atoms. The van der Waals surface area contributed by atoms with Crippen LogP contribution in [0.25, 0.3) is 5.65 Å². The number of aryl methyl sites for hydroxylation is 1. The minimum absolute atomic E-state index is 0.0241. The summed E-state index contributed by atoms with van der Waals surface area (Å²) in [5, 5.41) is 2.03. The van der Waals surface area contributed by atoms with Crippen molar-refractivity contribution in [2.45, 2.75) is 19.5 Å². The number of alkyl halides is 3. The summed E-state index contributed by atoms with van der Waals surface area (Å²) in [4.78, 5) is 16.0. The molecular weight excluding hydrogens is 509 g/mol. The zero-order valence-electron chi connectivity index (χ0n) is 14.9. The number of hydrogen-bond acceptors (Lipinski definition) is 4. The lowest BCUT2D eigenvalue weighted by atomic mass is 10.2. The van der Waals surface area contributed by atoms with Crippen molar-refractivity contribution < 1.29 is 31.8 Å². The number of aromatic nitrogens is 2. The number of rotatable bonds is 5. The summed E-state index contributed by atoms with van der Waals surface area (Å²) in [5.74, 6) is -0.0198. The molecule has 0 radical (unpaired) electrons. The van der Waals surface area contributed by atoms with E-state index in [1.807, 2.05) is 27.9 Å². The molecule has 0 atom stereocenters. The quantitative estimate of drug-likeness (QED) is 0.368. The van der Waals surface area contributed by atoms with E-state index in [-0.39, 0.29) is 22.9 Å². The molecule has 154 valence electrons. The van der Waals surface area contributed by atoms with Crippen LogP contribution < -0.4 is 14.8 Å². The van der Waals surface area contributed by atoms with Gasteiger partial charge >= 0.3 is 12.3 Å².